The minimum absolute atomic E-state index is 0.285. The lowest BCUT2D eigenvalue weighted by Crippen LogP contribution is -2.29. The lowest BCUT2D eigenvalue weighted by atomic mass is 10.00. The first-order valence-electron chi connectivity index (χ1n) is 8.11. The summed E-state index contributed by atoms with van der Waals surface area (Å²) >= 11 is 0. The molecule has 1 saturated heterocycles. The first kappa shape index (κ1) is 14.8. The molecule has 122 valence electrons. The van der Waals surface area contributed by atoms with Crippen LogP contribution in [0.1, 0.15) is 18.0 Å². The Labute approximate surface area is 140 Å². The number of rotatable bonds is 3. The third-order valence-electron chi connectivity index (χ3n) is 4.63. The topological polar surface area (TPSA) is 80.0 Å². The van der Waals surface area contributed by atoms with Crippen LogP contribution < -0.4 is 11.1 Å². The number of fused-ring (bicyclic) bond motifs is 1. The summed E-state index contributed by atoms with van der Waals surface area (Å²) in [6.07, 6.45) is 2.59. The van der Waals surface area contributed by atoms with Gasteiger partial charge in [0, 0.05) is 12.6 Å². The van der Waals surface area contributed by atoms with Crippen LogP contribution >= 0.6 is 0 Å². The highest BCUT2D eigenvalue weighted by atomic mass is 15.2. The van der Waals surface area contributed by atoms with Crippen LogP contribution in [0.4, 0.5) is 11.6 Å². The lowest BCUT2D eigenvalue weighted by molar-refractivity contribution is 0.309. The highest BCUT2D eigenvalue weighted by molar-refractivity contribution is 5.87. The molecule has 2 atom stereocenters. The maximum absolute atomic E-state index is 5.76. The van der Waals surface area contributed by atoms with E-state index in [0.717, 1.165) is 24.2 Å². The monoisotopic (exact) mass is 320 g/mol. The van der Waals surface area contributed by atoms with E-state index >= 15 is 0 Å². The largest absolute Gasteiger partial charge is 0.384 e. The Morgan fingerprint density at radius 1 is 1.12 bits per heavy atom. The van der Waals surface area contributed by atoms with Crippen LogP contribution in [-0.2, 0) is 0 Å². The van der Waals surface area contributed by atoms with Crippen LogP contribution in [0.2, 0.25) is 0 Å². The second kappa shape index (κ2) is 6.05. The molecule has 0 saturated carbocycles. The number of nitrogens with zero attached hydrogens (tertiary/aromatic N) is 4. The average molecular weight is 320 g/mol. The molecular formula is C18H20N6. The fourth-order valence-corrected chi connectivity index (χ4v) is 3.48. The summed E-state index contributed by atoms with van der Waals surface area (Å²) in [5.74, 6) is 1.28. The maximum atomic E-state index is 5.76. The van der Waals surface area contributed by atoms with Crippen LogP contribution in [0.5, 0.6) is 0 Å². The molecule has 1 aliphatic heterocycles. The summed E-state index contributed by atoms with van der Waals surface area (Å²) in [6, 6.07) is 14.9. The number of benzene rings is 1. The Morgan fingerprint density at radius 2 is 1.96 bits per heavy atom. The highest BCUT2D eigenvalue weighted by Gasteiger charge is 2.33. The van der Waals surface area contributed by atoms with Crippen LogP contribution in [-0.4, -0.2) is 39.5 Å². The van der Waals surface area contributed by atoms with Crippen molar-refractivity contribution in [2.75, 3.05) is 24.6 Å². The predicted molar refractivity (Wildman–Crippen MR) is 95.6 cm³/mol. The van der Waals surface area contributed by atoms with Crippen molar-refractivity contribution in [2.45, 2.75) is 18.5 Å². The van der Waals surface area contributed by atoms with Crippen LogP contribution in [0.3, 0.4) is 0 Å². The van der Waals surface area contributed by atoms with Gasteiger partial charge in [-0.25, -0.2) is 15.0 Å². The lowest BCUT2D eigenvalue weighted by Gasteiger charge is -2.26. The molecule has 24 heavy (non-hydrogen) atoms. The number of likely N-dealkylation sites (tertiary alicyclic amines) is 1. The summed E-state index contributed by atoms with van der Waals surface area (Å²) in [5, 5.41) is 4.51. The van der Waals surface area contributed by atoms with Crippen molar-refractivity contribution >= 4 is 22.7 Å². The summed E-state index contributed by atoms with van der Waals surface area (Å²) in [7, 11) is 2.17. The predicted octanol–water partition coefficient (Wildman–Crippen LogP) is 2.46. The summed E-state index contributed by atoms with van der Waals surface area (Å²) in [4.78, 5) is 15.3. The Morgan fingerprint density at radius 3 is 2.79 bits per heavy atom. The molecule has 6 nitrogen and oxygen atoms in total. The van der Waals surface area contributed by atoms with Crippen molar-refractivity contribution in [3.63, 3.8) is 0 Å². The average Bonchev–Trinajstić information content (AvgIpc) is 2.96. The third kappa shape index (κ3) is 2.65. The number of likely N-dealkylation sites (N-methyl/N-ethyl adjacent to an activating group) is 1. The van der Waals surface area contributed by atoms with Crippen LogP contribution in [0, 0.1) is 0 Å². The van der Waals surface area contributed by atoms with Gasteiger partial charge in [-0.15, -0.1) is 0 Å². The summed E-state index contributed by atoms with van der Waals surface area (Å²) < 4.78 is 0. The number of anilines is 2. The fourth-order valence-electron chi connectivity index (χ4n) is 3.48. The van der Waals surface area contributed by atoms with Crippen LogP contribution in [0.15, 0.2) is 48.8 Å². The number of hydrogen-bond donors (Lipinski definition) is 2. The van der Waals surface area contributed by atoms with Gasteiger partial charge in [-0.2, -0.15) is 0 Å². The van der Waals surface area contributed by atoms with Crippen molar-refractivity contribution in [2.24, 2.45) is 0 Å². The van der Waals surface area contributed by atoms with Crippen molar-refractivity contribution in [1.82, 2.24) is 19.9 Å². The molecule has 6 heteroatoms. The molecule has 1 aromatic carbocycles. The Bertz CT molecular complexity index is 851. The maximum Gasteiger partial charge on any atom is 0.166 e. The number of nitrogens with two attached hydrogens (primary N) is 1. The molecule has 2 unspecified atom stereocenters. The van der Waals surface area contributed by atoms with Crippen molar-refractivity contribution in [3.8, 4) is 0 Å². The van der Waals surface area contributed by atoms with E-state index in [1.54, 1.807) is 6.07 Å². The molecule has 3 N–H and O–H groups in total. The van der Waals surface area contributed by atoms with Gasteiger partial charge in [0.15, 0.2) is 5.65 Å². The molecule has 0 spiro atoms. The van der Waals surface area contributed by atoms with Gasteiger partial charge >= 0.3 is 0 Å². The second-order valence-electron chi connectivity index (χ2n) is 6.21. The Balaban J connectivity index is 1.67. The molecule has 2 aromatic heterocycles. The Hall–Kier alpha value is -2.73. The normalized spacial score (nSPS) is 21.2. The van der Waals surface area contributed by atoms with Crippen molar-refractivity contribution < 1.29 is 0 Å². The van der Waals surface area contributed by atoms with E-state index in [1.807, 2.05) is 6.07 Å². The van der Waals surface area contributed by atoms with E-state index in [-0.39, 0.29) is 6.04 Å². The van der Waals surface area contributed by atoms with Gasteiger partial charge in [0.1, 0.15) is 18.0 Å². The number of nitrogen functional groups attached to an aromatic ring is 1. The van der Waals surface area contributed by atoms with Gasteiger partial charge < -0.3 is 11.1 Å². The quantitative estimate of drug-likeness (QED) is 0.772. The van der Waals surface area contributed by atoms with E-state index in [0.29, 0.717) is 17.5 Å². The van der Waals surface area contributed by atoms with Gasteiger partial charge in [0.05, 0.1) is 11.4 Å². The van der Waals surface area contributed by atoms with Gasteiger partial charge in [-0.1, -0.05) is 30.3 Å². The zero-order valence-corrected chi connectivity index (χ0v) is 13.6. The van der Waals surface area contributed by atoms with E-state index < -0.39 is 0 Å². The molecular weight excluding hydrogens is 300 g/mol. The number of hydrogen-bond acceptors (Lipinski definition) is 6. The minimum atomic E-state index is 0.285. The summed E-state index contributed by atoms with van der Waals surface area (Å²) in [6.45, 7) is 1.05. The number of nitrogens with one attached hydrogen (secondary N) is 1. The highest BCUT2D eigenvalue weighted by Crippen LogP contribution is 2.33. The van der Waals surface area contributed by atoms with Crippen molar-refractivity contribution in [3.05, 3.63) is 54.4 Å². The van der Waals surface area contributed by atoms with Gasteiger partial charge in [-0.05, 0) is 31.2 Å². The minimum Gasteiger partial charge on any atom is -0.384 e. The Kier molecular flexibility index (Phi) is 3.74. The fraction of sp³-hybridized carbons (Fsp3) is 0.278. The van der Waals surface area contributed by atoms with E-state index in [2.05, 4.69) is 62.5 Å². The second-order valence-corrected chi connectivity index (χ2v) is 6.21. The van der Waals surface area contributed by atoms with E-state index in [1.165, 1.54) is 11.9 Å². The number of pyridine rings is 1. The van der Waals surface area contributed by atoms with Crippen molar-refractivity contribution in [1.29, 1.82) is 0 Å². The van der Waals surface area contributed by atoms with E-state index in [4.69, 9.17) is 5.73 Å². The molecule has 0 amide bonds. The zero-order valence-electron chi connectivity index (χ0n) is 13.6. The molecule has 0 aliphatic carbocycles. The first-order chi connectivity index (χ1) is 11.7. The molecule has 0 bridgehead atoms. The molecule has 3 heterocycles. The van der Waals surface area contributed by atoms with Crippen LogP contribution in [0.25, 0.3) is 11.0 Å². The SMILES string of the molecule is CN1CCC(Nc2ncnc3nc(N)ccc23)C1c1ccccc1. The number of aromatic nitrogens is 3. The van der Waals surface area contributed by atoms with Gasteiger partial charge in [0.25, 0.3) is 0 Å². The zero-order chi connectivity index (χ0) is 16.5. The third-order valence-corrected chi connectivity index (χ3v) is 4.63. The first-order valence-corrected chi connectivity index (χ1v) is 8.11. The van der Waals surface area contributed by atoms with E-state index in [9.17, 15) is 0 Å². The standard InChI is InChI=1S/C18H20N6/c1-24-10-9-14(16(24)12-5-3-2-4-6-12)22-17-13-7-8-15(19)23-18(13)21-11-20-17/h2-8,11,14,16H,9-10H2,1H3,(H3,19,20,21,22,23). The smallest absolute Gasteiger partial charge is 0.166 e. The summed E-state index contributed by atoms with van der Waals surface area (Å²) in [5.41, 5.74) is 7.69. The molecule has 1 aliphatic rings. The molecule has 4 rings (SSSR count). The van der Waals surface area contributed by atoms with Gasteiger partial charge in [-0.3, -0.25) is 4.90 Å². The molecule has 3 aromatic rings. The molecule has 1 fully saturated rings. The van der Waals surface area contributed by atoms with Gasteiger partial charge in [0.2, 0.25) is 0 Å². The molecule has 0 radical (unpaired) electrons.